The number of benzene rings is 1. The summed E-state index contributed by atoms with van der Waals surface area (Å²) in [7, 11) is 0. The monoisotopic (exact) mass is 284 g/mol. The van der Waals surface area contributed by atoms with Crippen molar-refractivity contribution in [2.45, 2.75) is 23.3 Å². The molecule has 0 amide bonds. The number of hydrogen-bond acceptors (Lipinski definition) is 3. The fourth-order valence-corrected chi connectivity index (χ4v) is 2.72. The Balaban J connectivity index is 2.26. The summed E-state index contributed by atoms with van der Waals surface area (Å²) in [5.74, 6) is 0.752. The summed E-state index contributed by atoms with van der Waals surface area (Å²) in [5, 5.41) is 2.02. The molecule has 1 heterocycles. The first-order chi connectivity index (χ1) is 8.17. The van der Waals surface area contributed by atoms with E-state index >= 15 is 0 Å². The Morgan fingerprint density at radius 3 is 2.71 bits per heavy atom. The van der Waals surface area contributed by atoms with Gasteiger partial charge in [-0.05, 0) is 18.2 Å². The second-order valence-corrected chi connectivity index (χ2v) is 5.28. The van der Waals surface area contributed by atoms with Gasteiger partial charge in [0.2, 0.25) is 0 Å². The van der Waals surface area contributed by atoms with Crippen LogP contribution in [0.4, 0.5) is 0 Å². The van der Waals surface area contributed by atoms with Crippen LogP contribution >= 0.6 is 35.0 Å². The first kappa shape index (κ1) is 12.7. The summed E-state index contributed by atoms with van der Waals surface area (Å²) in [6.07, 6.45) is 0.768. The van der Waals surface area contributed by atoms with E-state index in [9.17, 15) is 0 Å². The van der Waals surface area contributed by atoms with E-state index in [1.54, 1.807) is 6.07 Å². The van der Waals surface area contributed by atoms with Crippen LogP contribution < -0.4 is 0 Å². The fraction of sp³-hybridized carbons (Fsp3) is 0.167. The Morgan fingerprint density at radius 1 is 1.18 bits per heavy atom. The van der Waals surface area contributed by atoms with Crippen LogP contribution in [0.15, 0.2) is 40.3 Å². The zero-order valence-corrected chi connectivity index (χ0v) is 11.5. The third-order valence-corrected chi connectivity index (χ3v) is 3.39. The third-order valence-electron chi connectivity index (χ3n) is 2.05. The number of nitrogens with zero attached hydrogens (tertiary/aromatic N) is 2. The van der Waals surface area contributed by atoms with Crippen molar-refractivity contribution in [2.24, 2.45) is 0 Å². The van der Waals surface area contributed by atoms with E-state index < -0.39 is 0 Å². The standard InChI is InChI=1S/C12H10Cl2N2S/c1-2-11-15-10(14)7-12(16-11)17-9-5-3-4-8(13)6-9/h3-7H,2H2,1H3. The van der Waals surface area contributed by atoms with E-state index in [2.05, 4.69) is 9.97 Å². The SMILES string of the molecule is CCc1nc(Cl)cc(Sc2cccc(Cl)c2)n1. The predicted octanol–water partition coefficient (Wildman–Crippen LogP) is 4.50. The average Bonchev–Trinajstić information content (AvgIpc) is 2.28. The average molecular weight is 285 g/mol. The molecule has 88 valence electrons. The highest BCUT2D eigenvalue weighted by Crippen LogP contribution is 2.29. The van der Waals surface area contributed by atoms with E-state index in [4.69, 9.17) is 23.2 Å². The summed E-state index contributed by atoms with van der Waals surface area (Å²) < 4.78 is 0. The van der Waals surface area contributed by atoms with Gasteiger partial charge in [-0.25, -0.2) is 9.97 Å². The Labute approximate surface area is 114 Å². The van der Waals surface area contributed by atoms with Gasteiger partial charge in [-0.1, -0.05) is 48.0 Å². The van der Waals surface area contributed by atoms with Crippen LogP contribution in [0.3, 0.4) is 0 Å². The van der Waals surface area contributed by atoms with Gasteiger partial charge in [0.25, 0.3) is 0 Å². The smallest absolute Gasteiger partial charge is 0.133 e. The third kappa shape index (κ3) is 3.60. The van der Waals surface area contributed by atoms with E-state index in [-0.39, 0.29) is 0 Å². The molecule has 0 radical (unpaired) electrons. The second kappa shape index (κ2) is 5.71. The topological polar surface area (TPSA) is 25.8 Å². The van der Waals surface area contributed by atoms with Crippen LogP contribution in [0.5, 0.6) is 0 Å². The molecule has 17 heavy (non-hydrogen) atoms. The van der Waals surface area contributed by atoms with Gasteiger partial charge in [-0.2, -0.15) is 0 Å². The van der Waals surface area contributed by atoms with E-state index in [0.29, 0.717) is 10.2 Å². The molecule has 0 saturated carbocycles. The predicted molar refractivity (Wildman–Crippen MR) is 72.0 cm³/mol. The van der Waals surface area contributed by atoms with Crippen LogP contribution in [0, 0.1) is 0 Å². The molecule has 1 aromatic carbocycles. The van der Waals surface area contributed by atoms with Crippen LogP contribution in [0.2, 0.25) is 10.2 Å². The minimum Gasteiger partial charge on any atom is -0.226 e. The van der Waals surface area contributed by atoms with Gasteiger partial charge >= 0.3 is 0 Å². The molecule has 5 heteroatoms. The summed E-state index contributed by atoms with van der Waals surface area (Å²) in [6, 6.07) is 9.39. The lowest BCUT2D eigenvalue weighted by atomic mass is 10.4. The number of hydrogen-bond donors (Lipinski definition) is 0. The Kier molecular flexibility index (Phi) is 4.26. The van der Waals surface area contributed by atoms with Gasteiger partial charge in [0, 0.05) is 22.4 Å². The van der Waals surface area contributed by atoms with E-state index in [1.807, 2.05) is 31.2 Å². The minimum atomic E-state index is 0.473. The van der Waals surface area contributed by atoms with E-state index in [1.165, 1.54) is 11.8 Å². The summed E-state index contributed by atoms with van der Waals surface area (Å²) >= 11 is 13.4. The number of halogens is 2. The van der Waals surface area contributed by atoms with Crippen molar-refractivity contribution in [1.82, 2.24) is 9.97 Å². The molecule has 0 saturated heterocycles. The Hall–Kier alpha value is -0.770. The highest BCUT2D eigenvalue weighted by atomic mass is 35.5. The molecule has 1 aromatic heterocycles. The molecule has 2 nitrogen and oxygen atoms in total. The van der Waals surface area contributed by atoms with Crippen LogP contribution in [-0.4, -0.2) is 9.97 Å². The van der Waals surface area contributed by atoms with Crippen LogP contribution in [0.25, 0.3) is 0 Å². The molecule has 2 rings (SSSR count). The van der Waals surface area contributed by atoms with Crippen LogP contribution in [0.1, 0.15) is 12.7 Å². The second-order valence-electron chi connectivity index (χ2n) is 3.36. The summed E-state index contributed by atoms with van der Waals surface area (Å²) in [5.41, 5.74) is 0. The van der Waals surface area contributed by atoms with Gasteiger partial charge < -0.3 is 0 Å². The number of aromatic nitrogens is 2. The zero-order chi connectivity index (χ0) is 12.3. The molecule has 0 N–H and O–H groups in total. The van der Waals surface area contributed by atoms with Gasteiger partial charge in [-0.15, -0.1) is 0 Å². The molecule has 0 fully saturated rings. The molecule has 0 bridgehead atoms. The highest BCUT2D eigenvalue weighted by Gasteiger charge is 2.04. The molecule has 0 atom stereocenters. The molecular formula is C12H10Cl2N2S. The zero-order valence-electron chi connectivity index (χ0n) is 9.15. The minimum absolute atomic E-state index is 0.473. The molecule has 0 aliphatic carbocycles. The molecule has 0 unspecified atom stereocenters. The largest absolute Gasteiger partial charge is 0.226 e. The normalized spacial score (nSPS) is 10.5. The van der Waals surface area contributed by atoms with Gasteiger partial charge in [0.05, 0.1) is 0 Å². The van der Waals surface area contributed by atoms with Crippen molar-refractivity contribution >= 4 is 35.0 Å². The van der Waals surface area contributed by atoms with Crippen molar-refractivity contribution < 1.29 is 0 Å². The lowest BCUT2D eigenvalue weighted by Crippen LogP contribution is -1.94. The Morgan fingerprint density at radius 2 is 2.00 bits per heavy atom. The Bertz CT molecular complexity index is 532. The molecule has 2 aromatic rings. The van der Waals surface area contributed by atoms with Gasteiger partial charge in [-0.3, -0.25) is 0 Å². The van der Waals surface area contributed by atoms with Crippen LogP contribution in [-0.2, 0) is 6.42 Å². The highest BCUT2D eigenvalue weighted by molar-refractivity contribution is 7.99. The van der Waals surface area contributed by atoms with Crippen molar-refractivity contribution in [1.29, 1.82) is 0 Å². The quantitative estimate of drug-likeness (QED) is 0.777. The first-order valence-electron chi connectivity index (χ1n) is 5.14. The van der Waals surface area contributed by atoms with Crippen molar-refractivity contribution in [3.63, 3.8) is 0 Å². The van der Waals surface area contributed by atoms with Crippen molar-refractivity contribution in [3.8, 4) is 0 Å². The first-order valence-corrected chi connectivity index (χ1v) is 6.71. The van der Waals surface area contributed by atoms with Crippen molar-refractivity contribution in [2.75, 3.05) is 0 Å². The maximum absolute atomic E-state index is 5.94. The van der Waals surface area contributed by atoms with Crippen molar-refractivity contribution in [3.05, 3.63) is 46.3 Å². The number of aryl methyl sites for hydroxylation is 1. The summed E-state index contributed by atoms with van der Waals surface area (Å²) in [6.45, 7) is 2.00. The van der Waals surface area contributed by atoms with E-state index in [0.717, 1.165) is 22.2 Å². The molecule has 0 aliphatic heterocycles. The lowest BCUT2D eigenvalue weighted by Gasteiger charge is -2.03. The maximum atomic E-state index is 5.94. The van der Waals surface area contributed by atoms with Gasteiger partial charge in [0.15, 0.2) is 0 Å². The molecule has 0 spiro atoms. The maximum Gasteiger partial charge on any atom is 0.133 e. The molecular weight excluding hydrogens is 275 g/mol. The van der Waals surface area contributed by atoms with Gasteiger partial charge in [0.1, 0.15) is 16.0 Å². The fourth-order valence-electron chi connectivity index (χ4n) is 1.30. The number of rotatable bonds is 3. The molecule has 0 aliphatic rings. The lowest BCUT2D eigenvalue weighted by molar-refractivity contribution is 0.889. The summed E-state index contributed by atoms with van der Waals surface area (Å²) in [4.78, 5) is 9.56.